The van der Waals surface area contributed by atoms with E-state index in [4.69, 9.17) is 4.74 Å². The summed E-state index contributed by atoms with van der Waals surface area (Å²) < 4.78 is 7.97. The van der Waals surface area contributed by atoms with Gasteiger partial charge in [0.15, 0.2) is 5.82 Å². The van der Waals surface area contributed by atoms with E-state index in [0.29, 0.717) is 18.1 Å². The molecule has 4 rings (SSSR count). The Morgan fingerprint density at radius 3 is 2.52 bits per heavy atom. The van der Waals surface area contributed by atoms with E-state index in [1.807, 2.05) is 55.5 Å². The Kier molecular flexibility index (Phi) is 6.45. The molecule has 10 heteroatoms. The van der Waals surface area contributed by atoms with E-state index in [1.165, 1.54) is 18.2 Å². The van der Waals surface area contributed by atoms with Gasteiger partial charge >= 0.3 is 0 Å². The Morgan fingerprint density at radius 2 is 1.85 bits per heavy atom. The zero-order valence-corrected chi connectivity index (χ0v) is 19.0. The summed E-state index contributed by atoms with van der Waals surface area (Å²) in [7, 11) is 0. The number of anilines is 1. The summed E-state index contributed by atoms with van der Waals surface area (Å²) in [4.78, 5) is 27.8. The van der Waals surface area contributed by atoms with Gasteiger partial charge in [0.1, 0.15) is 5.75 Å². The van der Waals surface area contributed by atoms with E-state index in [2.05, 4.69) is 31.3 Å². The second-order valence-corrected chi connectivity index (χ2v) is 7.78. The van der Waals surface area contributed by atoms with Crippen molar-refractivity contribution in [1.82, 2.24) is 14.8 Å². The fourth-order valence-corrected chi connectivity index (χ4v) is 3.37. The molecule has 0 radical (unpaired) electrons. The number of halogens is 1. The maximum Gasteiger partial charge on any atom is 0.295 e. The van der Waals surface area contributed by atoms with Crippen LogP contribution in [0.1, 0.15) is 17.5 Å². The molecule has 0 aliphatic heterocycles. The number of carbonyl (C=O) groups is 1. The Hall–Kier alpha value is -4.05. The van der Waals surface area contributed by atoms with Gasteiger partial charge in [-0.05, 0) is 49.4 Å². The quantitative estimate of drug-likeness (QED) is 0.269. The third-order valence-electron chi connectivity index (χ3n) is 4.62. The first-order valence-corrected chi connectivity index (χ1v) is 10.8. The van der Waals surface area contributed by atoms with Crippen LogP contribution >= 0.6 is 15.9 Å². The van der Waals surface area contributed by atoms with Crippen LogP contribution in [-0.4, -0.2) is 32.2 Å². The molecule has 0 aliphatic carbocycles. The molecule has 1 aromatic heterocycles. The Labute approximate surface area is 197 Å². The van der Waals surface area contributed by atoms with Crippen molar-refractivity contribution in [3.05, 3.63) is 93.2 Å². The summed E-state index contributed by atoms with van der Waals surface area (Å²) in [6.07, 6.45) is 0. The maximum atomic E-state index is 12.9. The number of nitro benzene ring substituents is 1. The number of benzene rings is 3. The van der Waals surface area contributed by atoms with E-state index in [-0.39, 0.29) is 17.2 Å². The average molecular weight is 508 g/mol. The number of hydrogen-bond acceptors (Lipinski definition) is 6. The highest BCUT2D eigenvalue weighted by molar-refractivity contribution is 9.10. The van der Waals surface area contributed by atoms with E-state index in [0.717, 1.165) is 15.8 Å². The van der Waals surface area contributed by atoms with Gasteiger partial charge in [-0.25, -0.2) is 9.67 Å². The van der Waals surface area contributed by atoms with Crippen LogP contribution in [0, 0.1) is 10.1 Å². The molecule has 3 aromatic carbocycles. The molecule has 0 aliphatic rings. The molecule has 1 heterocycles. The molecule has 33 heavy (non-hydrogen) atoms. The third kappa shape index (κ3) is 5.07. The van der Waals surface area contributed by atoms with E-state index in [1.54, 1.807) is 10.7 Å². The molecule has 9 nitrogen and oxygen atoms in total. The monoisotopic (exact) mass is 507 g/mol. The summed E-state index contributed by atoms with van der Waals surface area (Å²) in [5.74, 6) is 0.526. The van der Waals surface area contributed by atoms with Gasteiger partial charge in [-0.1, -0.05) is 34.1 Å². The standard InChI is InChI=1S/C23H18BrN5O4/c1-2-33-20-12-10-18(11-13-20)28-22(15-6-8-16(24)9-7-15)26-21(27-28)23(30)25-17-4-3-5-19(14-17)29(31)32/h3-14H,2H2,1H3,(H,25,30). The van der Waals surface area contributed by atoms with Crippen molar-refractivity contribution >= 4 is 33.2 Å². The van der Waals surface area contributed by atoms with Gasteiger partial charge in [0.05, 0.1) is 17.2 Å². The number of hydrogen-bond donors (Lipinski definition) is 1. The minimum absolute atomic E-state index is 0.0756. The lowest BCUT2D eigenvalue weighted by atomic mass is 10.2. The minimum Gasteiger partial charge on any atom is -0.494 e. The molecule has 0 fully saturated rings. The lowest BCUT2D eigenvalue weighted by molar-refractivity contribution is -0.384. The second-order valence-electron chi connectivity index (χ2n) is 6.87. The largest absolute Gasteiger partial charge is 0.494 e. The zero-order valence-electron chi connectivity index (χ0n) is 17.4. The number of nitrogens with one attached hydrogen (secondary N) is 1. The maximum absolute atomic E-state index is 12.9. The predicted octanol–water partition coefficient (Wildman–Crippen LogP) is 5.26. The van der Waals surface area contributed by atoms with Crippen LogP contribution in [-0.2, 0) is 0 Å². The van der Waals surface area contributed by atoms with Crippen LogP contribution in [0.15, 0.2) is 77.3 Å². The smallest absolute Gasteiger partial charge is 0.295 e. The summed E-state index contributed by atoms with van der Waals surface area (Å²) in [6, 6.07) is 20.4. The number of non-ortho nitro benzene ring substituents is 1. The van der Waals surface area contributed by atoms with Gasteiger partial charge < -0.3 is 10.1 Å². The highest BCUT2D eigenvalue weighted by atomic mass is 79.9. The first kappa shape index (κ1) is 22.2. The van der Waals surface area contributed by atoms with Gasteiger partial charge in [0.2, 0.25) is 5.82 Å². The number of ether oxygens (including phenoxy) is 1. The van der Waals surface area contributed by atoms with Gasteiger partial charge in [-0.2, -0.15) is 0 Å². The number of aromatic nitrogens is 3. The zero-order chi connectivity index (χ0) is 23.4. The van der Waals surface area contributed by atoms with Gasteiger partial charge in [-0.3, -0.25) is 14.9 Å². The number of nitrogens with zero attached hydrogens (tertiary/aromatic N) is 4. The lowest BCUT2D eigenvalue weighted by Crippen LogP contribution is -2.14. The summed E-state index contributed by atoms with van der Waals surface area (Å²) >= 11 is 3.42. The van der Waals surface area contributed by atoms with Crippen LogP contribution in [0.4, 0.5) is 11.4 Å². The van der Waals surface area contributed by atoms with Crippen molar-refractivity contribution in [3.8, 4) is 22.8 Å². The summed E-state index contributed by atoms with van der Waals surface area (Å²) in [6.45, 7) is 2.46. The topological polar surface area (TPSA) is 112 Å². The van der Waals surface area contributed by atoms with Crippen molar-refractivity contribution in [3.63, 3.8) is 0 Å². The van der Waals surface area contributed by atoms with Crippen LogP contribution in [0.3, 0.4) is 0 Å². The predicted molar refractivity (Wildman–Crippen MR) is 127 cm³/mol. The lowest BCUT2D eigenvalue weighted by Gasteiger charge is -2.08. The van der Waals surface area contributed by atoms with Crippen LogP contribution in [0.25, 0.3) is 17.1 Å². The third-order valence-corrected chi connectivity index (χ3v) is 5.15. The number of nitro groups is 1. The van der Waals surface area contributed by atoms with E-state index < -0.39 is 10.8 Å². The van der Waals surface area contributed by atoms with Crippen molar-refractivity contribution in [2.75, 3.05) is 11.9 Å². The normalized spacial score (nSPS) is 10.6. The molecule has 0 bridgehead atoms. The molecular weight excluding hydrogens is 490 g/mol. The molecule has 0 spiro atoms. The van der Waals surface area contributed by atoms with Crippen molar-refractivity contribution < 1.29 is 14.5 Å². The Morgan fingerprint density at radius 1 is 1.12 bits per heavy atom. The number of carbonyl (C=O) groups excluding carboxylic acids is 1. The molecule has 4 aromatic rings. The van der Waals surface area contributed by atoms with Crippen molar-refractivity contribution in [2.45, 2.75) is 6.92 Å². The van der Waals surface area contributed by atoms with Crippen molar-refractivity contribution in [1.29, 1.82) is 0 Å². The molecule has 0 atom stereocenters. The average Bonchev–Trinajstić information content (AvgIpc) is 3.26. The van der Waals surface area contributed by atoms with Crippen LogP contribution < -0.4 is 10.1 Å². The highest BCUT2D eigenvalue weighted by Gasteiger charge is 2.20. The molecule has 0 saturated heterocycles. The number of amides is 1. The van der Waals surface area contributed by atoms with Gasteiger partial charge in [0, 0.05) is 27.9 Å². The van der Waals surface area contributed by atoms with E-state index in [9.17, 15) is 14.9 Å². The first-order valence-electron chi connectivity index (χ1n) is 9.96. The molecule has 0 saturated carbocycles. The summed E-state index contributed by atoms with van der Waals surface area (Å²) in [5, 5.41) is 18.1. The van der Waals surface area contributed by atoms with Crippen molar-refractivity contribution in [2.24, 2.45) is 0 Å². The molecule has 1 amide bonds. The molecule has 0 unspecified atom stereocenters. The fraction of sp³-hybridized carbons (Fsp3) is 0.0870. The summed E-state index contributed by atoms with van der Waals surface area (Å²) in [5.41, 5.74) is 1.60. The molecule has 166 valence electrons. The first-order chi connectivity index (χ1) is 15.9. The highest BCUT2D eigenvalue weighted by Crippen LogP contribution is 2.25. The Balaban J connectivity index is 1.71. The van der Waals surface area contributed by atoms with E-state index >= 15 is 0 Å². The number of rotatable bonds is 7. The van der Waals surface area contributed by atoms with Crippen LogP contribution in [0.5, 0.6) is 5.75 Å². The SMILES string of the molecule is CCOc1ccc(-n2nc(C(=O)Nc3cccc([N+](=O)[O-])c3)nc2-c2ccc(Br)cc2)cc1. The molecule has 1 N–H and O–H groups in total. The Bertz CT molecular complexity index is 1300. The van der Waals surface area contributed by atoms with Gasteiger partial charge in [-0.15, -0.1) is 5.10 Å². The van der Waals surface area contributed by atoms with Gasteiger partial charge in [0.25, 0.3) is 11.6 Å². The minimum atomic E-state index is -0.585. The van der Waals surface area contributed by atoms with Crippen LogP contribution in [0.2, 0.25) is 0 Å². The second kappa shape index (κ2) is 9.61. The molecular formula is C23H18BrN5O4. The fourth-order valence-electron chi connectivity index (χ4n) is 3.11.